The van der Waals surface area contributed by atoms with Crippen LogP contribution in [0.4, 0.5) is 0 Å². The van der Waals surface area contributed by atoms with Gasteiger partial charge in [0, 0.05) is 6.20 Å². The van der Waals surface area contributed by atoms with Crippen LogP contribution in [-0.2, 0) is 0 Å². The first-order valence-corrected chi connectivity index (χ1v) is 4.53. The first-order chi connectivity index (χ1) is 5.83. The first kappa shape index (κ1) is 8.88. The molecule has 0 aromatic carbocycles. The Morgan fingerprint density at radius 1 is 1.67 bits per heavy atom. The van der Waals surface area contributed by atoms with E-state index >= 15 is 0 Å². The summed E-state index contributed by atoms with van der Waals surface area (Å²) in [6, 6.07) is 3.75. The number of hydrogen-bond acceptors (Lipinski definition) is 4. The molecule has 0 bridgehead atoms. The van der Waals surface area contributed by atoms with Gasteiger partial charge >= 0.3 is 0 Å². The predicted molar refractivity (Wildman–Crippen MR) is 47.3 cm³/mol. The van der Waals surface area contributed by atoms with Crippen LogP contribution in [0.25, 0.3) is 0 Å². The summed E-state index contributed by atoms with van der Waals surface area (Å²) in [6.45, 7) is 0. The van der Waals surface area contributed by atoms with Crippen molar-refractivity contribution >= 4 is 11.8 Å². The van der Waals surface area contributed by atoms with Gasteiger partial charge in [-0.2, -0.15) is 5.26 Å². The van der Waals surface area contributed by atoms with Crippen LogP contribution in [-0.4, -0.2) is 18.3 Å². The van der Waals surface area contributed by atoms with Crippen LogP contribution >= 0.6 is 11.8 Å². The molecular weight excluding hydrogens is 172 g/mol. The van der Waals surface area contributed by atoms with E-state index in [0.29, 0.717) is 11.4 Å². The summed E-state index contributed by atoms with van der Waals surface area (Å²) in [7, 11) is 1.58. The molecule has 0 fully saturated rings. The van der Waals surface area contributed by atoms with Gasteiger partial charge in [0.2, 0.25) is 0 Å². The van der Waals surface area contributed by atoms with Gasteiger partial charge in [0.25, 0.3) is 0 Å². The van der Waals surface area contributed by atoms with Crippen molar-refractivity contribution in [3.05, 3.63) is 18.0 Å². The Morgan fingerprint density at radius 2 is 2.42 bits per heavy atom. The van der Waals surface area contributed by atoms with E-state index in [1.165, 1.54) is 11.8 Å². The van der Waals surface area contributed by atoms with Gasteiger partial charge in [-0.1, -0.05) is 0 Å². The summed E-state index contributed by atoms with van der Waals surface area (Å²) in [5.74, 6) is 0.703. The molecule has 1 aromatic heterocycles. The second kappa shape index (κ2) is 3.98. The highest BCUT2D eigenvalue weighted by Gasteiger charge is 2.07. The molecule has 62 valence electrons. The maximum Gasteiger partial charge on any atom is 0.157 e. The lowest BCUT2D eigenvalue weighted by atomic mass is 10.3. The molecule has 0 aliphatic heterocycles. The zero-order chi connectivity index (χ0) is 8.97. The van der Waals surface area contributed by atoms with Gasteiger partial charge in [-0.25, -0.2) is 4.98 Å². The third kappa shape index (κ3) is 1.51. The number of nitrogens with zero attached hydrogens (tertiary/aromatic N) is 2. The fourth-order valence-electron chi connectivity index (χ4n) is 0.868. The maximum atomic E-state index is 8.69. The Hall–Kier alpha value is -1.21. The van der Waals surface area contributed by atoms with E-state index in [1.807, 2.05) is 12.3 Å². The van der Waals surface area contributed by atoms with Gasteiger partial charge in [-0.3, -0.25) is 0 Å². The Morgan fingerprint density at radius 3 is 2.92 bits per heavy atom. The van der Waals surface area contributed by atoms with Crippen LogP contribution in [0.2, 0.25) is 0 Å². The molecule has 1 rings (SSSR count). The number of thioether (sulfide) groups is 1. The molecule has 0 atom stereocenters. The molecule has 0 aliphatic carbocycles. The maximum absolute atomic E-state index is 8.69. The molecule has 0 radical (unpaired) electrons. The Labute approximate surface area is 75.4 Å². The molecule has 0 saturated carbocycles. The minimum absolute atomic E-state index is 0.418. The molecule has 1 aromatic rings. The number of nitriles is 1. The van der Waals surface area contributed by atoms with Gasteiger partial charge in [0.05, 0.1) is 12.0 Å². The van der Waals surface area contributed by atoms with E-state index in [-0.39, 0.29) is 0 Å². The highest BCUT2D eigenvalue weighted by molar-refractivity contribution is 7.98. The number of aromatic nitrogens is 1. The molecule has 0 spiro atoms. The SMILES string of the molecule is COc1ccnc(C#N)c1SC. The molecule has 4 heteroatoms. The van der Waals surface area contributed by atoms with Crippen molar-refractivity contribution in [2.45, 2.75) is 4.90 Å². The molecule has 0 N–H and O–H groups in total. The smallest absolute Gasteiger partial charge is 0.157 e. The molecular formula is C8H8N2OS. The number of rotatable bonds is 2. The molecule has 0 amide bonds. The monoisotopic (exact) mass is 180 g/mol. The van der Waals surface area contributed by atoms with Crippen molar-refractivity contribution in [3.63, 3.8) is 0 Å². The lowest BCUT2D eigenvalue weighted by Gasteiger charge is -2.05. The van der Waals surface area contributed by atoms with Gasteiger partial charge in [-0.05, 0) is 12.3 Å². The molecule has 3 nitrogen and oxygen atoms in total. The van der Waals surface area contributed by atoms with E-state index in [2.05, 4.69) is 4.98 Å². The summed E-state index contributed by atoms with van der Waals surface area (Å²) in [5.41, 5.74) is 0.418. The van der Waals surface area contributed by atoms with Crippen molar-refractivity contribution in [2.24, 2.45) is 0 Å². The van der Waals surface area contributed by atoms with Gasteiger partial charge < -0.3 is 4.74 Å². The lowest BCUT2D eigenvalue weighted by Crippen LogP contribution is -1.91. The number of pyridine rings is 1. The van der Waals surface area contributed by atoms with E-state index in [0.717, 1.165) is 4.90 Å². The van der Waals surface area contributed by atoms with Crippen LogP contribution in [0.15, 0.2) is 17.2 Å². The summed E-state index contributed by atoms with van der Waals surface area (Å²) >= 11 is 1.46. The van der Waals surface area contributed by atoms with Crippen LogP contribution in [0.3, 0.4) is 0 Å². The molecule has 1 heterocycles. The zero-order valence-electron chi connectivity index (χ0n) is 6.87. The van der Waals surface area contributed by atoms with Crippen LogP contribution in [0.5, 0.6) is 5.75 Å². The van der Waals surface area contributed by atoms with Crippen molar-refractivity contribution in [1.82, 2.24) is 4.98 Å². The molecule has 12 heavy (non-hydrogen) atoms. The quantitative estimate of drug-likeness (QED) is 0.650. The van der Waals surface area contributed by atoms with Gasteiger partial charge in [0.15, 0.2) is 5.69 Å². The standard InChI is InChI=1S/C8H8N2OS/c1-11-7-3-4-10-6(5-9)8(7)12-2/h3-4H,1-2H3. The van der Waals surface area contributed by atoms with Crippen molar-refractivity contribution in [1.29, 1.82) is 5.26 Å². The van der Waals surface area contributed by atoms with Crippen LogP contribution in [0, 0.1) is 11.3 Å². The number of methoxy groups -OCH3 is 1. The minimum atomic E-state index is 0.418. The normalized spacial score (nSPS) is 9.08. The predicted octanol–water partition coefficient (Wildman–Crippen LogP) is 1.68. The largest absolute Gasteiger partial charge is 0.495 e. The zero-order valence-corrected chi connectivity index (χ0v) is 7.68. The highest BCUT2D eigenvalue weighted by atomic mass is 32.2. The second-order valence-electron chi connectivity index (χ2n) is 2.01. The minimum Gasteiger partial charge on any atom is -0.495 e. The summed E-state index contributed by atoms with van der Waals surface area (Å²) in [4.78, 5) is 4.71. The Balaban J connectivity index is 3.24. The van der Waals surface area contributed by atoms with Gasteiger partial charge in [-0.15, -0.1) is 11.8 Å². The molecule has 0 aliphatic rings. The van der Waals surface area contributed by atoms with Crippen molar-refractivity contribution < 1.29 is 4.74 Å². The number of hydrogen-bond donors (Lipinski definition) is 0. The summed E-state index contributed by atoms with van der Waals surface area (Å²) in [6.07, 6.45) is 3.46. The summed E-state index contributed by atoms with van der Waals surface area (Å²) < 4.78 is 5.07. The highest BCUT2D eigenvalue weighted by Crippen LogP contribution is 2.28. The summed E-state index contributed by atoms with van der Waals surface area (Å²) in [5, 5.41) is 8.69. The average Bonchev–Trinajstić information content (AvgIpc) is 2.16. The second-order valence-corrected chi connectivity index (χ2v) is 2.82. The van der Waals surface area contributed by atoms with Gasteiger partial charge in [0.1, 0.15) is 11.8 Å². The van der Waals surface area contributed by atoms with E-state index in [4.69, 9.17) is 10.00 Å². The fourth-order valence-corrected chi connectivity index (χ4v) is 1.51. The first-order valence-electron chi connectivity index (χ1n) is 3.30. The molecule has 0 unspecified atom stereocenters. The average molecular weight is 180 g/mol. The topological polar surface area (TPSA) is 45.9 Å². The van der Waals surface area contributed by atoms with Crippen molar-refractivity contribution in [3.8, 4) is 11.8 Å². The third-order valence-electron chi connectivity index (χ3n) is 1.40. The van der Waals surface area contributed by atoms with E-state index < -0.39 is 0 Å². The van der Waals surface area contributed by atoms with E-state index in [9.17, 15) is 0 Å². The van der Waals surface area contributed by atoms with Crippen molar-refractivity contribution in [2.75, 3.05) is 13.4 Å². The number of ether oxygens (including phenoxy) is 1. The fraction of sp³-hybridized carbons (Fsp3) is 0.250. The molecule has 0 saturated heterocycles. The Kier molecular flexibility index (Phi) is 2.94. The van der Waals surface area contributed by atoms with E-state index in [1.54, 1.807) is 19.4 Å². The third-order valence-corrected chi connectivity index (χ3v) is 2.20. The lowest BCUT2D eigenvalue weighted by molar-refractivity contribution is 0.403. The van der Waals surface area contributed by atoms with Crippen LogP contribution in [0.1, 0.15) is 5.69 Å². The Bertz CT molecular complexity index is 319. The van der Waals surface area contributed by atoms with Crippen LogP contribution < -0.4 is 4.74 Å².